The van der Waals surface area contributed by atoms with E-state index >= 15 is 0 Å². The lowest BCUT2D eigenvalue weighted by Gasteiger charge is -2.11. The Bertz CT molecular complexity index is 561. The molecule has 0 amide bonds. The summed E-state index contributed by atoms with van der Waals surface area (Å²) in [6.45, 7) is 0. The van der Waals surface area contributed by atoms with Crippen molar-refractivity contribution in [1.82, 2.24) is 4.98 Å². The summed E-state index contributed by atoms with van der Waals surface area (Å²) >= 11 is 1.66. The molecule has 0 unspecified atom stereocenters. The van der Waals surface area contributed by atoms with Crippen molar-refractivity contribution in [2.75, 3.05) is 20.0 Å². The van der Waals surface area contributed by atoms with Crippen molar-refractivity contribution in [3.8, 4) is 11.5 Å². The molecule has 2 aromatic rings. The van der Waals surface area contributed by atoms with E-state index in [2.05, 4.69) is 4.98 Å². The molecule has 19 heavy (non-hydrogen) atoms. The summed E-state index contributed by atoms with van der Waals surface area (Å²) in [5, 5.41) is 0. The highest BCUT2D eigenvalue weighted by molar-refractivity contribution is 7.98. The third-order valence-corrected chi connectivity index (χ3v) is 3.60. The Morgan fingerprint density at radius 3 is 2.74 bits per heavy atom. The predicted octanol–water partition coefficient (Wildman–Crippen LogP) is 2.97. The van der Waals surface area contributed by atoms with E-state index < -0.39 is 0 Å². The normalized spacial score (nSPS) is 10.2. The molecule has 0 bridgehead atoms. The summed E-state index contributed by atoms with van der Waals surface area (Å²) in [6.07, 6.45) is 1.72. The van der Waals surface area contributed by atoms with Crippen LogP contribution < -0.4 is 15.2 Å². The van der Waals surface area contributed by atoms with Crippen molar-refractivity contribution in [1.29, 1.82) is 0 Å². The van der Waals surface area contributed by atoms with Crippen molar-refractivity contribution < 1.29 is 9.47 Å². The molecule has 0 fully saturated rings. The van der Waals surface area contributed by atoms with E-state index in [0.717, 1.165) is 16.3 Å². The largest absolute Gasteiger partial charge is 0.493 e. The van der Waals surface area contributed by atoms with E-state index in [9.17, 15) is 0 Å². The van der Waals surface area contributed by atoms with Crippen LogP contribution in [0.2, 0.25) is 0 Å². The molecule has 0 spiro atoms. The van der Waals surface area contributed by atoms with Crippen LogP contribution >= 0.6 is 11.8 Å². The molecule has 0 aliphatic carbocycles. The van der Waals surface area contributed by atoms with Crippen molar-refractivity contribution >= 4 is 17.4 Å². The molecule has 5 heteroatoms. The van der Waals surface area contributed by atoms with Gasteiger partial charge in [-0.1, -0.05) is 6.07 Å². The van der Waals surface area contributed by atoms with E-state index in [4.69, 9.17) is 15.2 Å². The average molecular weight is 276 g/mol. The maximum Gasteiger partial charge on any atom is 0.183 e. The van der Waals surface area contributed by atoms with Gasteiger partial charge in [0.1, 0.15) is 0 Å². The third-order valence-electron chi connectivity index (χ3n) is 2.60. The van der Waals surface area contributed by atoms with Gasteiger partial charge in [-0.2, -0.15) is 0 Å². The first-order chi connectivity index (χ1) is 9.24. The fraction of sp³-hybridized carbons (Fsp3) is 0.214. The standard InChI is InChI=1S/C14H16N2O2S/c1-17-13-6-7-16-12(14(13)18-2)9-19-11-5-3-4-10(15)8-11/h3-8H,9,15H2,1-2H3. The van der Waals surface area contributed by atoms with Crippen molar-refractivity contribution in [2.24, 2.45) is 0 Å². The van der Waals surface area contributed by atoms with Crippen LogP contribution in [0.15, 0.2) is 41.4 Å². The number of nitrogen functional groups attached to an aromatic ring is 1. The fourth-order valence-corrected chi connectivity index (χ4v) is 2.61. The van der Waals surface area contributed by atoms with Crippen LogP contribution in [0.4, 0.5) is 5.69 Å². The maximum absolute atomic E-state index is 5.76. The number of anilines is 1. The van der Waals surface area contributed by atoms with Crippen LogP contribution in [0.25, 0.3) is 0 Å². The first-order valence-electron chi connectivity index (χ1n) is 5.78. The Labute approximate surface area is 116 Å². The second-order valence-electron chi connectivity index (χ2n) is 3.85. The number of nitrogens with two attached hydrogens (primary N) is 1. The van der Waals surface area contributed by atoms with Gasteiger partial charge in [0, 0.05) is 28.6 Å². The van der Waals surface area contributed by atoms with Crippen molar-refractivity contribution in [3.05, 3.63) is 42.2 Å². The minimum atomic E-state index is 0.682. The number of thioether (sulfide) groups is 1. The van der Waals surface area contributed by atoms with Gasteiger partial charge < -0.3 is 15.2 Å². The number of hydrogen-bond donors (Lipinski definition) is 1. The molecular formula is C14H16N2O2S. The van der Waals surface area contributed by atoms with Crippen LogP contribution in [0.1, 0.15) is 5.69 Å². The topological polar surface area (TPSA) is 57.4 Å². The average Bonchev–Trinajstić information content (AvgIpc) is 2.44. The third kappa shape index (κ3) is 3.32. The molecule has 4 nitrogen and oxygen atoms in total. The van der Waals surface area contributed by atoms with Crippen LogP contribution in [0.3, 0.4) is 0 Å². The highest BCUT2D eigenvalue weighted by atomic mass is 32.2. The lowest BCUT2D eigenvalue weighted by molar-refractivity contribution is 0.350. The molecule has 100 valence electrons. The van der Waals surface area contributed by atoms with Gasteiger partial charge in [0.2, 0.25) is 0 Å². The van der Waals surface area contributed by atoms with E-state index in [1.54, 1.807) is 38.2 Å². The lowest BCUT2D eigenvalue weighted by atomic mass is 10.3. The van der Waals surface area contributed by atoms with Crippen LogP contribution in [0, 0.1) is 0 Å². The van der Waals surface area contributed by atoms with Gasteiger partial charge in [0.25, 0.3) is 0 Å². The van der Waals surface area contributed by atoms with Crippen LogP contribution in [-0.4, -0.2) is 19.2 Å². The molecule has 2 N–H and O–H groups in total. The minimum Gasteiger partial charge on any atom is -0.493 e. The van der Waals surface area contributed by atoms with Gasteiger partial charge in [-0.15, -0.1) is 11.8 Å². The van der Waals surface area contributed by atoms with Gasteiger partial charge in [-0.25, -0.2) is 0 Å². The van der Waals surface area contributed by atoms with Gasteiger partial charge in [0.15, 0.2) is 11.5 Å². The monoisotopic (exact) mass is 276 g/mol. The van der Waals surface area contributed by atoms with E-state index in [-0.39, 0.29) is 0 Å². The number of hydrogen-bond acceptors (Lipinski definition) is 5. The summed E-state index contributed by atoms with van der Waals surface area (Å²) in [7, 11) is 3.24. The highest BCUT2D eigenvalue weighted by Gasteiger charge is 2.11. The van der Waals surface area contributed by atoms with Crippen molar-refractivity contribution in [2.45, 2.75) is 10.6 Å². The molecule has 0 aliphatic rings. The number of aromatic nitrogens is 1. The molecular weight excluding hydrogens is 260 g/mol. The summed E-state index contributed by atoms with van der Waals surface area (Å²) < 4.78 is 10.6. The Kier molecular flexibility index (Phi) is 4.52. The van der Waals surface area contributed by atoms with E-state index in [1.807, 2.05) is 24.3 Å². The summed E-state index contributed by atoms with van der Waals surface area (Å²) in [5.41, 5.74) is 7.37. The first-order valence-corrected chi connectivity index (χ1v) is 6.77. The molecule has 1 heterocycles. The van der Waals surface area contributed by atoms with Gasteiger partial charge in [-0.3, -0.25) is 4.98 Å². The quantitative estimate of drug-likeness (QED) is 0.672. The smallest absolute Gasteiger partial charge is 0.183 e. The predicted molar refractivity (Wildman–Crippen MR) is 77.8 cm³/mol. The molecule has 0 saturated heterocycles. The second-order valence-corrected chi connectivity index (χ2v) is 4.90. The zero-order chi connectivity index (χ0) is 13.7. The molecule has 2 rings (SSSR count). The maximum atomic E-state index is 5.76. The number of nitrogens with zero attached hydrogens (tertiary/aromatic N) is 1. The Hall–Kier alpha value is -1.88. The molecule has 1 aromatic carbocycles. The molecule has 0 saturated carbocycles. The van der Waals surface area contributed by atoms with Gasteiger partial charge >= 0.3 is 0 Å². The number of ether oxygens (including phenoxy) is 2. The van der Waals surface area contributed by atoms with Gasteiger partial charge in [0.05, 0.1) is 19.9 Å². The first kappa shape index (κ1) is 13.5. The Balaban J connectivity index is 2.15. The van der Waals surface area contributed by atoms with Crippen LogP contribution in [0.5, 0.6) is 11.5 Å². The molecule has 0 radical (unpaired) electrons. The number of benzene rings is 1. The summed E-state index contributed by atoms with van der Waals surface area (Å²) in [4.78, 5) is 5.44. The second kappa shape index (κ2) is 6.33. The SMILES string of the molecule is COc1ccnc(CSc2cccc(N)c2)c1OC. The highest BCUT2D eigenvalue weighted by Crippen LogP contribution is 2.33. The van der Waals surface area contributed by atoms with E-state index in [1.165, 1.54) is 0 Å². The Morgan fingerprint density at radius 1 is 1.21 bits per heavy atom. The van der Waals surface area contributed by atoms with Gasteiger partial charge in [-0.05, 0) is 18.2 Å². The fourth-order valence-electron chi connectivity index (χ4n) is 1.71. The zero-order valence-electron chi connectivity index (χ0n) is 10.9. The lowest BCUT2D eigenvalue weighted by Crippen LogP contribution is -1.97. The van der Waals surface area contributed by atoms with Crippen LogP contribution in [-0.2, 0) is 5.75 Å². The Morgan fingerprint density at radius 2 is 2.05 bits per heavy atom. The summed E-state index contributed by atoms with van der Waals surface area (Å²) in [5.74, 6) is 2.08. The molecule has 0 aliphatic heterocycles. The molecule has 1 aromatic heterocycles. The number of rotatable bonds is 5. The zero-order valence-corrected chi connectivity index (χ0v) is 11.7. The summed E-state index contributed by atoms with van der Waals surface area (Å²) in [6, 6.07) is 9.56. The number of methoxy groups -OCH3 is 2. The van der Waals surface area contributed by atoms with Crippen molar-refractivity contribution in [3.63, 3.8) is 0 Å². The molecule has 0 atom stereocenters. The number of pyridine rings is 1. The van der Waals surface area contributed by atoms with E-state index in [0.29, 0.717) is 17.3 Å². The minimum absolute atomic E-state index is 0.682.